The Kier molecular flexibility index (Phi) is 8.60. The van der Waals surface area contributed by atoms with Gasteiger partial charge in [0.2, 0.25) is 15.2 Å². The van der Waals surface area contributed by atoms with Crippen LogP contribution in [0.15, 0.2) is 100 Å². The molecule has 0 radical (unpaired) electrons. The third kappa shape index (κ3) is 6.38. The van der Waals surface area contributed by atoms with E-state index < -0.39 is 15.9 Å². The number of rotatable bonds is 10. The van der Waals surface area contributed by atoms with Gasteiger partial charge in [0.05, 0.1) is 28.4 Å². The number of thiazole rings is 1. The van der Waals surface area contributed by atoms with Gasteiger partial charge in [0.25, 0.3) is 5.91 Å². The average Bonchev–Trinajstić information content (AvgIpc) is 3.66. The fourth-order valence-corrected chi connectivity index (χ4v) is 7.27. The maximum Gasteiger partial charge on any atom is 0.280 e. The highest BCUT2D eigenvalue weighted by Crippen LogP contribution is 2.33. The molecule has 5 rings (SSSR count). The number of benzene rings is 3. The minimum atomic E-state index is -3.82. The van der Waals surface area contributed by atoms with Crippen LogP contribution in [-0.4, -0.2) is 43.0 Å². The summed E-state index contributed by atoms with van der Waals surface area (Å²) in [5.41, 5.74) is 1.89. The van der Waals surface area contributed by atoms with Crippen LogP contribution < -0.4 is 9.75 Å². The van der Waals surface area contributed by atoms with Gasteiger partial charge < -0.3 is 4.74 Å². The summed E-state index contributed by atoms with van der Waals surface area (Å²) in [6.45, 7) is 3.93. The molecule has 0 atom stereocenters. The molecule has 210 valence electrons. The maximum absolute atomic E-state index is 13.7. The van der Waals surface area contributed by atoms with E-state index >= 15 is 0 Å². The van der Waals surface area contributed by atoms with Crippen molar-refractivity contribution in [3.05, 3.63) is 106 Å². The SMILES string of the molecule is COc1ccc2nc(N(/N=C/c3cccs3)C(=O)c3ccc(S(=O)(=O)N(Cc4ccccc4)C(C)C)cc3)sc2c1. The van der Waals surface area contributed by atoms with Crippen molar-refractivity contribution in [1.29, 1.82) is 0 Å². The van der Waals surface area contributed by atoms with Gasteiger partial charge in [0, 0.05) is 23.0 Å². The number of methoxy groups -OCH3 is 1. The highest BCUT2D eigenvalue weighted by Gasteiger charge is 2.28. The predicted octanol–water partition coefficient (Wildman–Crippen LogP) is 6.65. The zero-order chi connectivity index (χ0) is 29.0. The van der Waals surface area contributed by atoms with Gasteiger partial charge in [-0.1, -0.05) is 47.7 Å². The molecule has 0 saturated heterocycles. The molecule has 0 aliphatic heterocycles. The van der Waals surface area contributed by atoms with Crippen LogP contribution >= 0.6 is 22.7 Å². The van der Waals surface area contributed by atoms with Crippen LogP contribution in [0.4, 0.5) is 5.13 Å². The van der Waals surface area contributed by atoms with E-state index in [4.69, 9.17) is 4.74 Å². The van der Waals surface area contributed by atoms with Crippen molar-refractivity contribution in [3.63, 3.8) is 0 Å². The van der Waals surface area contributed by atoms with E-state index in [1.807, 2.05) is 79.9 Å². The van der Waals surface area contributed by atoms with E-state index in [0.29, 0.717) is 16.4 Å². The molecule has 8 nitrogen and oxygen atoms in total. The van der Waals surface area contributed by atoms with Crippen LogP contribution in [0.5, 0.6) is 5.75 Å². The molecule has 0 unspecified atom stereocenters. The van der Waals surface area contributed by atoms with Crippen LogP contribution in [0.1, 0.15) is 34.6 Å². The summed E-state index contributed by atoms with van der Waals surface area (Å²) in [6, 6.07) is 24.5. The highest BCUT2D eigenvalue weighted by molar-refractivity contribution is 7.89. The number of hydrogen-bond acceptors (Lipinski definition) is 8. The van der Waals surface area contributed by atoms with Gasteiger partial charge in [0.1, 0.15) is 5.75 Å². The first-order valence-corrected chi connectivity index (χ1v) is 15.9. The first-order chi connectivity index (χ1) is 19.8. The number of amides is 1. The molecule has 0 aliphatic carbocycles. The quantitative estimate of drug-likeness (QED) is 0.132. The molecule has 3 aromatic carbocycles. The molecule has 5 aromatic rings. The molecular weight excluding hydrogens is 577 g/mol. The Morgan fingerprint density at radius 3 is 2.44 bits per heavy atom. The summed E-state index contributed by atoms with van der Waals surface area (Å²) in [4.78, 5) is 19.4. The molecule has 0 bridgehead atoms. The lowest BCUT2D eigenvalue weighted by Gasteiger charge is -2.26. The third-order valence-corrected chi connectivity index (χ3v) is 10.1. The first kappa shape index (κ1) is 28.6. The molecule has 0 N–H and O–H groups in total. The number of carbonyl (C=O) groups excluding carboxylic acids is 1. The van der Waals surface area contributed by atoms with Crippen molar-refractivity contribution in [2.75, 3.05) is 12.1 Å². The van der Waals surface area contributed by atoms with Crippen molar-refractivity contribution in [1.82, 2.24) is 9.29 Å². The van der Waals surface area contributed by atoms with Crippen LogP contribution in [0.2, 0.25) is 0 Å². The van der Waals surface area contributed by atoms with Gasteiger partial charge >= 0.3 is 0 Å². The van der Waals surface area contributed by atoms with Gasteiger partial charge in [0.15, 0.2) is 0 Å². The number of ether oxygens (including phenoxy) is 1. The van der Waals surface area contributed by atoms with E-state index in [-0.39, 0.29) is 23.0 Å². The molecule has 11 heteroatoms. The Balaban J connectivity index is 1.46. The summed E-state index contributed by atoms with van der Waals surface area (Å²) < 4.78 is 34.8. The number of thiophene rings is 1. The second-order valence-corrected chi connectivity index (χ2v) is 13.2. The summed E-state index contributed by atoms with van der Waals surface area (Å²) >= 11 is 2.81. The van der Waals surface area contributed by atoms with E-state index in [1.54, 1.807) is 13.3 Å². The monoisotopic (exact) mass is 604 g/mol. The first-order valence-electron chi connectivity index (χ1n) is 12.8. The molecule has 2 heterocycles. The number of hydrazone groups is 1. The minimum Gasteiger partial charge on any atom is -0.497 e. The number of carbonyl (C=O) groups is 1. The predicted molar refractivity (Wildman–Crippen MR) is 166 cm³/mol. The van der Waals surface area contributed by atoms with E-state index in [2.05, 4.69) is 10.1 Å². The molecular formula is C30H28N4O4S3. The highest BCUT2D eigenvalue weighted by atomic mass is 32.2. The van der Waals surface area contributed by atoms with Gasteiger partial charge in [-0.2, -0.15) is 14.4 Å². The lowest BCUT2D eigenvalue weighted by molar-refractivity contribution is 0.0987. The molecule has 0 aliphatic rings. The van der Waals surface area contributed by atoms with Crippen LogP contribution in [0.3, 0.4) is 0 Å². The van der Waals surface area contributed by atoms with E-state index in [9.17, 15) is 13.2 Å². The minimum absolute atomic E-state index is 0.111. The Morgan fingerprint density at radius 2 is 1.78 bits per heavy atom. The van der Waals surface area contributed by atoms with Gasteiger partial charge in [-0.3, -0.25) is 4.79 Å². The lowest BCUT2D eigenvalue weighted by atomic mass is 10.2. The summed E-state index contributed by atoms with van der Waals surface area (Å²) in [5, 5.41) is 8.04. The maximum atomic E-state index is 13.7. The van der Waals surface area contributed by atoms with Crippen LogP contribution in [0.25, 0.3) is 10.2 Å². The fourth-order valence-electron chi connectivity index (χ4n) is 4.11. The molecule has 1 amide bonds. The van der Waals surface area contributed by atoms with Crippen molar-refractivity contribution in [3.8, 4) is 5.75 Å². The van der Waals surface area contributed by atoms with E-state index in [0.717, 1.165) is 15.1 Å². The van der Waals surface area contributed by atoms with E-state index in [1.165, 1.54) is 56.3 Å². The molecule has 2 aromatic heterocycles. The van der Waals surface area contributed by atoms with Crippen molar-refractivity contribution in [2.24, 2.45) is 5.10 Å². The summed E-state index contributed by atoms with van der Waals surface area (Å²) in [7, 11) is -2.23. The summed E-state index contributed by atoms with van der Waals surface area (Å²) in [5.74, 6) is 0.255. The number of anilines is 1. The molecule has 0 fully saturated rings. The molecule has 0 spiro atoms. The lowest BCUT2D eigenvalue weighted by Crippen LogP contribution is -2.36. The standard InChI is InChI=1S/C30H28N4O4S3/c1-21(2)33(20-22-8-5-4-6-9-22)41(36,37)26-14-11-23(12-15-26)29(35)34(31-19-25-10-7-17-39-25)30-32-27-16-13-24(38-3)18-28(27)40-30/h4-19,21H,20H2,1-3H3/b31-19+. The fraction of sp³-hybridized carbons (Fsp3) is 0.167. The smallest absolute Gasteiger partial charge is 0.280 e. The molecule has 0 saturated carbocycles. The van der Waals surface area contributed by atoms with Gasteiger partial charge in [-0.05, 0) is 73.3 Å². The normalized spacial score (nSPS) is 12.0. The molecule has 41 heavy (non-hydrogen) atoms. The zero-order valence-corrected chi connectivity index (χ0v) is 25.1. The van der Waals surface area contributed by atoms with Gasteiger partial charge in [-0.15, -0.1) is 11.3 Å². The topological polar surface area (TPSA) is 92.2 Å². The van der Waals surface area contributed by atoms with Crippen molar-refractivity contribution < 1.29 is 17.9 Å². The Bertz CT molecular complexity index is 1770. The number of fused-ring (bicyclic) bond motifs is 1. The number of hydrogen-bond donors (Lipinski definition) is 0. The second kappa shape index (κ2) is 12.3. The number of sulfonamides is 1. The largest absolute Gasteiger partial charge is 0.497 e. The zero-order valence-electron chi connectivity index (χ0n) is 22.7. The Labute approximate surface area is 247 Å². The Morgan fingerprint density at radius 1 is 1.02 bits per heavy atom. The number of nitrogens with zero attached hydrogens (tertiary/aromatic N) is 4. The second-order valence-electron chi connectivity index (χ2n) is 9.36. The van der Waals surface area contributed by atoms with Crippen molar-refractivity contribution in [2.45, 2.75) is 31.3 Å². The average molecular weight is 605 g/mol. The summed E-state index contributed by atoms with van der Waals surface area (Å²) in [6.07, 6.45) is 1.61. The number of aromatic nitrogens is 1. The van der Waals surface area contributed by atoms with Crippen molar-refractivity contribution >= 4 is 60.2 Å². The van der Waals surface area contributed by atoms with Gasteiger partial charge in [-0.25, -0.2) is 13.4 Å². The van der Waals surface area contributed by atoms with Crippen LogP contribution in [0, 0.1) is 0 Å². The van der Waals surface area contributed by atoms with Crippen LogP contribution in [-0.2, 0) is 16.6 Å². The Hall–Kier alpha value is -3.90. The third-order valence-electron chi connectivity index (χ3n) is 6.27.